The van der Waals surface area contributed by atoms with Gasteiger partial charge < -0.3 is 11.1 Å². The molecular formula is C16H21FN4. The molecule has 0 saturated heterocycles. The minimum atomic E-state index is -0.239. The maximum absolute atomic E-state index is 13.5. The molecule has 21 heavy (non-hydrogen) atoms. The fraction of sp³-hybridized carbons (Fsp3) is 0.375. The van der Waals surface area contributed by atoms with Crippen LogP contribution >= 0.6 is 0 Å². The summed E-state index contributed by atoms with van der Waals surface area (Å²) < 4.78 is 13.5. The molecule has 1 heterocycles. The van der Waals surface area contributed by atoms with E-state index < -0.39 is 0 Å². The summed E-state index contributed by atoms with van der Waals surface area (Å²) in [5.41, 5.74) is 8.37. The van der Waals surface area contributed by atoms with E-state index in [9.17, 15) is 4.39 Å². The van der Waals surface area contributed by atoms with Crippen molar-refractivity contribution in [1.29, 1.82) is 0 Å². The van der Waals surface area contributed by atoms with Crippen molar-refractivity contribution in [2.75, 3.05) is 11.1 Å². The van der Waals surface area contributed by atoms with Crippen molar-refractivity contribution in [1.82, 2.24) is 9.97 Å². The van der Waals surface area contributed by atoms with E-state index in [1.165, 1.54) is 6.07 Å². The summed E-state index contributed by atoms with van der Waals surface area (Å²) in [5.74, 6) is 0.846. The van der Waals surface area contributed by atoms with E-state index in [4.69, 9.17) is 5.73 Å². The molecule has 2 rings (SSSR count). The minimum absolute atomic E-state index is 0.195. The van der Waals surface area contributed by atoms with Crippen LogP contribution in [-0.2, 0) is 0 Å². The lowest BCUT2D eigenvalue weighted by Crippen LogP contribution is -2.13. The van der Waals surface area contributed by atoms with Crippen molar-refractivity contribution >= 4 is 11.8 Å². The Kier molecular flexibility index (Phi) is 4.40. The number of aromatic nitrogens is 2. The van der Waals surface area contributed by atoms with Gasteiger partial charge in [-0.05, 0) is 43.0 Å². The molecule has 0 unspecified atom stereocenters. The van der Waals surface area contributed by atoms with Gasteiger partial charge in [0.2, 0.25) is 5.95 Å². The highest BCUT2D eigenvalue weighted by molar-refractivity contribution is 5.78. The van der Waals surface area contributed by atoms with Gasteiger partial charge in [-0.15, -0.1) is 0 Å². The Hall–Kier alpha value is -2.17. The van der Waals surface area contributed by atoms with Gasteiger partial charge in [0, 0.05) is 17.8 Å². The number of nitrogen functional groups attached to an aromatic ring is 1. The van der Waals surface area contributed by atoms with Gasteiger partial charge in [-0.25, -0.2) is 9.37 Å². The van der Waals surface area contributed by atoms with Crippen molar-refractivity contribution in [2.24, 2.45) is 0 Å². The fourth-order valence-electron chi connectivity index (χ4n) is 2.23. The van der Waals surface area contributed by atoms with Crippen molar-refractivity contribution in [3.8, 4) is 11.1 Å². The van der Waals surface area contributed by atoms with Crippen LogP contribution in [0, 0.1) is 5.82 Å². The van der Waals surface area contributed by atoms with E-state index >= 15 is 0 Å². The molecule has 3 N–H and O–H groups in total. The third kappa shape index (κ3) is 3.48. The van der Waals surface area contributed by atoms with Gasteiger partial charge in [-0.1, -0.05) is 19.9 Å². The Morgan fingerprint density at radius 3 is 2.48 bits per heavy atom. The molecule has 112 valence electrons. The number of nitrogens with one attached hydrogen (secondary N) is 1. The number of halogens is 1. The average Bonchev–Trinajstić information content (AvgIpc) is 2.38. The lowest BCUT2D eigenvalue weighted by atomic mass is 9.93. The molecule has 0 amide bonds. The molecular weight excluding hydrogens is 267 g/mol. The van der Waals surface area contributed by atoms with E-state index in [0.717, 1.165) is 16.7 Å². The van der Waals surface area contributed by atoms with Gasteiger partial charge >= 0.3 is 0 Å². The Morgan fingerprint density at radius 1 is 1.14 bits per heavy atom. The van der Waals surface area contributed by atoms with Gasteiger partial charge in [0.1, 0.15) is 11.6 Å². The highest BCUT2D eigenvalue weighted by atomic mass is 19.1. The number of anilines is 2. The summed E-state index contributed by atoms with van der Waals surface area (Å²) in [4.78, 5) is 8.35. The Morgan fingerprint density at radius 2 is 1.86 bits per heavy atom. The molecule has 0 atom stereocenters. The number of nitrogens with two attached hydrogens (primary N) is 1. The van der Waals surface area contributed by atoms with Gasteiger partial charge in [-0.3, -0.25) is 0 Å². The van der Waals surface area contributed by atoms with E-state index in [2.05, 4.69) is 15.3 Å². The van der Waals surface area contributed by atoms with E-state index in [1.807, 2.05) is 27.7 Å². The smallest absolute Gasteiger partial charge is 0.221 e. The van der Waals surface area contributed by atoms with Gasteiger partial charge in [-0.2, -0.15) is 4.98 Å². The number of hydrogen-bond acceptors (Lipinski definition) is 4. The standard InChI is InChI=1S/C16H21FN4/c1-9(2)13-7-11(17)5-6-12(13)14-8-19-16(18)21-15(14)20-10(3)4/h5-10H,1-4H3,(H3,18,19,20,21). The van der Waals surface area contributed by atoms with Crippen molar-refractivity contribution < 1.29 is 4.39 Å². The molecule has 0 saturated carbocycles. The first-order chi connectivity index (χ1) is 9.88. The molecule has 0 aliphatic heterocycles. The van der Waals surface area contributed by atoms with Gasteiger partial charge in [0.25, 0.3) is 0 Å². The number of rotatable bonds is 4. The van der Waals surface area contributed by atoms with Crippen LogP contribution in [0.1, 0.15) is 39.2 Å². The fourth-order valence-corrected chi connectivity index (χ4v) is 2.23. The van der Waals surface area contributed by atoms with Crippen LogP contribution in [0.4, 0.5) is 16.2 Å². The third-order valence-corrected chi connectivity index (χ3v) is 3.16. The van der Waals surface area contributed by atoms with Crippen molar-refractivity contribution in [2.45, 2.75) is 39.7 Å². The van der Waals surface area contributed by atoms with E-state index in [0.29, 0.717) is 5.82 Å². The largest absolute Gasteiger partial charge is 0.368 e. The van der Waals surface area contributed by atoms with Crippen LogP contribution in [-0.4, -0.2) is 16.0 Å². The zero-order chi connectivity index (χ0) is 15.6. The topological polar surface area (TPSA) is 63.8 Å². The van der Waals surface area contributed by atoms with Gasteiger partial charge in [0.15, 0.2) is 0 Å². The Bertz CT molecular complexity index is 638. The monoisotopic (exact) mass is 288 g/mol. The molecule has 0 aliphatic carbocycles. The highest BCUT2D eigenvalue weighted by Crippen LogP contribution is 2.33. The van der Waals surface area contributed by atoms with Crippen LogP contribution < -0.4 is 11.1 Å². The Labute approximate surface area is 124 Å². The second-order valence-corrected chi connectivity index (χ2v) is 5.68. The molecule has 0 bridgehead atoms. The summed E-state index contributed by atoms with van der Waals surface area (Å²) in [6.07, 6.45) is 1.69. The van der Waals surface area contributed by atoms with Crippen LogP contribution in [0.3, 0.4) is 0 Å². The molecule has 0 radical (unpaired) electrons. The summed E-state index contributed by atoms with van der Waals surface area (Å²) >= 11 is 0. The Balaban J connectivity index is 2.61. The van der Waals surface area contributed by atoms with Gasteiger partial charge in [0.05, 0.1) is 0 Å². The lowest BCUT2D eigenvalue weighted by Gasteiger charge is -2.17. The molecule has 1 aromatic heterocycles. The summed E-state index contributed by atoms with van der Waals surface area (Å²) in [7, 11) is 0. The van der Waals surface area contributed by atoms with Crippen molar-refractivity contribution in [3.05, 3.63) is 35.8 Å². The van der Waals surface area contributed by atoms with E-state index in [1.54, 1.807) is 18.3 Å². The molecule has 1 aromatic carbocycles. The summed E-state index contributed by atoms with van der Waals surface area (Å²) in [5, 5.41) is 3.27. The zero-order valence-electron chi connectivity index (χ0n) is 12.8. The number of nitrogens with zero attached hydrogens (tertiary/aromatic N) is 2. The predicted octanol–water partition coefficient (Wildman–Crippen LogP) is 3.81. The second kappa shape index (κ2) is 6.08. The summed E-state index contributed by atoms with van der Waals surface area (Å²) in [6.45, 7) is 8.12. The van der Waals surface area contributed by atoms with Crippen LogP contribution in [0.25, 0.3) is 11.1 Å². The summed E-state index contributed by atoms with van der Waals surface area (Å²) in [6, 6.07) is 5.00. The lowest BCUT2D eigenvalue weighted by molar-refractivity contribution is 0.623. The normalized spacial score (nSPS) is 11.2. The van der Waals surface area contributed by atoms with Crippen LogP contribution in [0.15, 0.2) is 24.4 Å². The third-order valence-electron chi connectivity index (χ3n) is 3.16. The molecule has 5 heteroatoms. The first-order valence-electron chi connectivity index (χ1n) is 7.07. The molecule has 4 nitrogen and oxygen atoms in total. The molecule has 0 aliphatic rings. The number of benzene rings is 1. The van der Waals surface area contributed by atoms with Crippen LogP contribution in [0.2, 0.25) is 0 Å². The quantitative estimate of drug-likeness (QED) is 0.898. The number of hydrogen-bond donors (Lipinski definition) is 2. The predicted molar refractivity (Wildman–Crippen MR) is 84.7 cm³/mol. The maximum atomic E-state index is 13.5. The van der Waals surface area contributed by atoms with Crippen LogP contribution in [0.5, 0.6) is 0 Å². The van der Waals surface area contributed by atoms with E-state index in [-0.39, 0.29) is 23.7 Å². The average molecular weight is 288 g/mol. The van der Waals surface area contributed by atoms with Crippen molar-refractivity contribution in [3.63, 3.8) is 0 Å². The first-order valence-corrected chi connectivity index (χ1v) is 7.07. The maximum Gasteiger partial charge on any atom is 0.221 e. The zero-order valence-corrected chi connectivity index (χ0v) is 12.8. The molecule has 2 aromatic rings. The second-order valence-electron chi connectivity index (χ2n) is 5.68. The first kappa shape index (κ1) is 15.2. The SMILES string of the molecule is CC(C)Nc1nc(N)ncc1-c1ccc(F)cc1C(C)C. The molecule has 0 spiro atoms. The highest BCUT2D eigenvalue weighted by Gasteiger charge is 2.15. The minimum Gasteiger partial charge on any atom is -0.368 e. The molecule has 0 fully saturated rings.